The molecule has 0 saturated heterocycles. The van der Waals surface area contributed by atoms with Crippen molar-refractivity contribution in [1.82, 2.24) is 48.4 Å². The number of para-hydroxylation sites is 3. The summed E-state index contributed by atoms with van der Waals surface area (Å²) in [4.78, 5) is 18.9. The lowest BCUT2D eigenvalue weighted by Gasteiger charge is -2.14. The average Bonchev–Trinajstić information content (AvgIpc) is 1.58. The van der Waals surface area contributed by atoms with Gasteiger partial charge in [-0.25, -0.2) is 0 Å². The van der Waals surface area contributed by atoms with Crippen molar-refractivity contribution in [2.75, 3.05) is 0 Å². The van der Waals surface area contributed by atoms with Gasteiger partial charge >= 0.3 is 0 Å². The lowest BCUT2D eigenvalue weighted by Crippen LogP contribution is -2.02. The highest BCUT2D eigenvalue weighted by Gasteiger charge is 2.25. The van der Waals surface area contributed by atoms with E-state index in [2.05, 4.69) is 324 Å². The van der Waals surface area contributed by atoms with Gasteiger partial charge in [-0.05, 0) is 133 Å². The molecule has 0 fully saturated rings. The zero-order valence-electron chi connectivity index (χ0n) is 66.0. The first-order valence-corrected chi connectivity index (χ1v) is 41.1. The van der Waals surface area contributed by atoms with Crippen molar-refractivity contribution in [3.05, 3.63) is 413 Å². The topological polar surface area (TPSA) is 136 Å². The Bertz CT molecular complexity index is 8580. The fraction of sp³-hybridized carbons (Fsp3) is 0. The minimum atomic E-state index is 0.791. The van der Waals surface area contributed by atoms with Crippen molar-refractivity contribution in [3.63, 3.8) is 0 Å². The lowest BCUT2D eigenvalue weighted by atomic mass is 10.0. The van der Waals surface area contributed by atoms with E-state index in [-0.39, 0.29) is 0 Å². The third-order valence-electron chi connectivity index (χ3n) is 23.7. The molecular formula is C110H68N10O3. The zero-order chi connectivity index (χ0) is 81.0. The molecule has 13 nitrogen and oxygen atoms in total. The van der Waals surface area contributed by atoms with Gasteiger partial charge in [0.1, 0.15) is 34.0 Å². The number of rotatable bonds is 10. The van der Waals surface area contributed by atoms with E-state index < -0.39 is 0 Å². The van der Waals surface area contributed by atoms with Crippen LogP contribution in [-0.4, -0.2) is 48.4 Å². The number of aromatic nitrogens is 10. The molecule has 0 aliphatic heterocycles. The lowest BCUT2D eigenvalue weighted by molar-refractivity contribution is 0.635. The van der Waals surface area contributed by atoms with Gasteiger partial charge in [-0.15, -0.1) is 10.2 Å². The van der Waals surface area contributed by atoms with Gasteiger partial charge in [0.25, 0.3) is 0 Å². The molecule has 123 heavy (non-hydrogen) atoms. The molecule has 13 heteroatoms. The molecule has 15 aromatic carbocycles. The van der Waals surface area contributed by atoms with Gasteiger partial charge in [0, 0.05) is 117 Å². The van der Waals surface area contributed by atoms with Crippen molar-refractivity contribution in [1.29, 1.82) is 0 Å². The number of nitrogens with zero attached hydrogens (tertiary/aromatic N) is 10. The number of furan rings is 3. The molecule has 0 saturated carbocycles. The number of fused-ring (bicyclic) bond motifs is 21. The Morgan fingerprint density at radius 3 is 0.984 bits per heavy atom. The molecule has 0 bridgehead atoms. The predicted molar refractivity (Wildman–Crippen MR) is 500 cm³/mol. The Morgan fingerprint density at radius 2 is 0.537 bits per heavy atom. The molecule has 0 N–H and O–H groups in total. The third kappa shape index (κ3) is 11.9. The van der Waals surface area contributed by atoms with Crippen molar-refractivity contribution < 1.29 is 13.3 Å². The second-order valence-corrected chi connectivity index (χ2v) is 30.9. The SMILES string of the molecule is c1ccc(-c2cc3ccc4c(c5ccccc5n4-c4cccc(-c5cnc6c(ccc7cccnc76)c5)c4)c3o2)cc1.c1ccc(-c2cc3ccc4c(c5ccccc5n4-c4cccc(-n5c(-c6ccccc6)nnc5-c5ccccc5)c4)c3o2)cc1.c1ccc(-c2cc3ccc4c(c5ccccc5n4-c4cnc5c(ccc6cccnc65)c4)c3o2)cc1. The Kier molecular flexibility index (Phi) is 16.6. The normalized spacial score (nSPS) is 11.7. The largest absolute Gasteiger partial charge is 0.455 e. The predicted octanol–water partition coefficient (Wildman–Crippen LogP) is 28.4. The molecule has 26 rings (SSSR count). The van der Waals surface area contributed by atoms with Gasteiger partial charge in [0.15, 0.2) is 11.6 Å². The summed E-state index contributed by atoms with van der Waals surface area (Å²) in [6, 6.07) is 135. The number of hydrogen-bond donors (Lipinski definition) is 0. The highest BCUT2D eigenvalue weighted by molar-refractivity contribution is 6.23. The molecule has 11 aromatic heterocycles. The summed E-state index contributed by atoms with van der Waals surface area (Å²) in [5.74, 6) is 4.20. The summed E-state index contributed by atoms with van der Waals surface area (Å²) >= 11 is 0. The standard InChI is InChI=1S/C40H26N4O.C38H23N3O.C32H19N3O/c1-4-13-27(14-5-1)36-25-30-23-24-35-37(38(30)45-36)33-21-10-11-22-34(33)43(35)31-19-12-20-32(26-31)44-39(28-15-6-2-7-16-28)41-42-40(44)29-17-8-3-9-18-29;1-2-8-24(9-3-1)34-22-28-17-18-33-35(38(28)42-34)31-13-4-5-14-32(31)41(33)30-12-6-10-26(21-30)29-20-27-16-15-25-11-7-19-39-36(25)37(27)40-23-29;1-2-7-20(8-3-1)28-18-23-14-15-27-29(32(23)36-28)25-10-4-5-11-26(25)35(27)24-17-22-13-12-21-9-6-16-33-30(21)31(22)34-19-24/h1-26H;1-23H;1-19H. The van der Waals surface area contributed by atoms with Gasteiger partial charge in [-0.1, -0.05) is 261 Å². The van der Waals surface area contributed by atoms with E-state index in [1.807, 2.05) is 128 Å². The second-order valence-electron chi connectivity index (χ2n) is 30.9. The summed E-state index contributed by atoms with van der Waals surface area (Å²) in [5.41, 5.74) is 24.6. The number of hydrogen-bond acceptors (Lipinski definition) is 9. The third-order valence-corrected chi connectivity index (χ3v) is 23.7. The average molecular weight is 1580 g/mol. The highest BCUT2D eigenvalue weighted by Crippen LogP contribution is 2.46. The van der Waals surface area contributed by atoms with Crippen molar-refractivity contribution >= 4 is 142 Å². The maximum Gasteiger partial charge on any atom is 0.168 e. The minimum absolute atomic E-state index is 0.791. The Morgan fingerprint density at radius 1 is 0.195 bits per heavy atom. The fourth-order valence-corrected chi connectivity index (χ4v) is 18.1. The van der Waals surface area contributed by atoms with E-state index in [0.717, 1.165) is 227 Å². The van der Waals surface area contributed by atoms with E-state index in [1.54, 1.807) is 0 Å². The summed E-state index contributed by atoms with van der Waals surface area (Å²) in [5, 5.41) is 23.8. The first-order chi connectivity index (χ1) is 61.0. The molecule has 0 atom stereocenters. The van der Waals surface area contributed by atoms with Gasteiger partial charge in [0.05, 0.1) is 88.9 Å². The van der Waals surface area contributed by atoms with Crippen LogP contribution in [0.3, 0.4) is 0 Å². The maximum atomic E-state index is 6.60. The molecule has 0 unspecified atom stereocenters. The fourth-order valence-electron chi connectivity index (χ4n) is 18.1. The van der Waals surface area contributed by atoms with Gasteiger partial charge in [-0.2, -0.15) is 0 Å². The smallest absolute Gasteiger partial charge is 0.168 e. The molecule has 0 aliphatic carbocycles. The summed E-state index contributed by atoms with van der Waals surface area (Å²) in [7, 11) is 0. The minimum Gasteiger partial charge on any atom is -0.455 e. The van der Waals surface area contributed by atoms with Crippen molar-refractivity contribution in [2.24, 2.45) is 0 Å². The van der Waals surface area contributed by atoms with E-state index >= 15 is 0 Å². The number of benzene rings is 15. The monoisotopic (exact) mass is 1580 g/mol. The summed E-state index contributed by atoms with van der Waals surface area (Å²) < 4.78 is 28.8. The molecule has 0 aliphatic rings. The zero-order valence-corrected chi connectivity index (χ0v) is 66.0. The van der Waals surface area contributed by atoms with E-state index in [4.69, 9.17) is 23.2 Å². The molecule has 0 radical (unpaired) electrons. The van der Waals surface area contributed by atoms with E-state index in [9.17, 15) is 0 Å². The Hall–Kier alpha value is -16.9. The molecule has 0 amide bonds. The van der Waals surface area contributed by atoms with Crippen LogP contribution in [0.1, 0.15) is 0 Å². The Labute approximate surface area is 702 Å². The van der Waals surface area contributed by atoms with Crippen LogP contribution in [0, 0.1) is 0 Å². The summed E-state index contributed by atoms with van der Waals surface area (Å²) in [6.45, 7) is 0. The van der Waals surface area contributed by atoms with Crippen LogP contribution in [0.15, 0.2) is 426 Å². The van der Waals surface area contributed by atoms with Gasteiger partial charge in [0.2, 0.25) is 0 Å². The van der Waals surface area contributed by atoms with Crippen molar-refractivity contribution in [3.8, 4) is 90.6 Å². The highest BCUT2D eigenvalue weighted by atomic mass is 16.3. The van der Waals surface area contributed by atoms with Gasteiger partial charge in [-0.3, -0.25) is 24.5 Å². The van der Waals surface area contributed by atoms with Crippen LogP contribution in [0.5, 0.6) is 0 Å². The quantitative estimate of drug-likeness (QED) is 0.123. The molecular weight excluding hydrogens is 1510 g/mol. The molecule has 0 spiro atoms. The van der Waals surface area contributed by atoms with Crippen LogP contribution in [0.25, 0.3) is 233 Å². The van der Waals surface area contributed by atoms with Crippen LogP contribution in [-0.2, 0) is 0 Å². The van der Waals surface area contributed by atoms with Crippen molar-refractivity contribution in [2.45, 2.75) is 0 Å². The summed E-state index contributed by atoms with van der Waals surface area (Å²) in [6.07, 6.45) is 7.55. The first-order valence-electron chi connectivity index (χ1n) is 41.1. The van der Waals surface area contributed by atoms with Crippen LogP contribution in [0.2, 0.25) is 0 Å². The molecule has 576 valence electrons. The number of pyridine rings is 4. The van der Waals surface area contributed by atoms with E-state index in [1.165, 1.54) is 5.39 Å². The first kappa shape index (κ1) is 70.3. The Balaban J connectivity index is 0.000000105. The van der Waals surface area contributed by atoms with E-state index in [0.29, 0.717) is 0 Å². The van der Waals surface area contributed by atoms with Gasteiger partial charge < -0.3 is 27.0 Å². The molecule has 11 heterocycles. The second kappa shape index (κ2) is 29.0. The van der Waals surface area contributed by atoms with Crippen LogP contribution in [0.4, 0.5) is 0 Å². The van der Waals surface area contributed by atoms with Crippen LogP contribution < -0.4 is 0 Å². The maximum absolute atomic E-state index is 6.60. The molecule has 26 aromatic rings. The van der Waals surface area contributed by atoms with Crippen LogP contribution >= 0.6 is 0 Å².